The van der Waals surface area contributed by atoms with E-state index in [-0.39, 0.29) is 41.1 Å². The maximum Gasteiger partial charge on any atom is 0.336 e. The number of nitrogens with zero attached hydrogens (tertiary/aromatic N) is 2. The van der Waals surface area contributed by atoms with Crippen LogP contribution < -0.4 is 4.74 Å². The van der Waals surface area contributed by atoms with Crippen LogP contribution in [0.25, 0.3) is 11.1 Å². The molecule has 0 aromatic heterocycles. The molecule has 4 rings (SSSR count). The standard InChI is InChI=1S/C29H33FN2O6S/c1-19-15-32(20(2)18-33)39(36,37)28-13-10-22(21-8-11-24(30)12-9-21)14-26(28)38-27(19)17-31(3)16-23-6-4-5-7-25(23)29(34)35/h4-14,19-20,27,33H,15-18H2,1-3H3,(H,34,35)/t19-,20-,27+/m1/s1. The van der Waals surface area contributed by atoms with E-state index in [9.17, 15) is 27.8 Å². The van der Waals surface area contributed by atoms with Gasteiger partial charge in [0.1, 0.15) is 22.6 Å². The molecule has 0 spiro atoms. The van der Waals surface area contributed by atoms with E-state index in [0.29, 0.717) is 29.8 Å². The Hall–Kier alpha value is -3.31. The topological polar surface area (TPSA) is 107 Å². The summed E-state index contributed by atoms with van der Waals surface area (Å²) in [5, 5.41) is 19.4. The third kappa shape index (κ3) is 6.30. The summed E-state index contributed by atoms with van der Waals surface area (Å²) in [7, 11) is -2.14. The second-order valence-corrected chi connectivity index (χ2v) is 11.9. The molecule has 0 saturated heterocycles. The molecule has 10 heteroatoms. The van der Waals surface area contributed by atoms with E-state index in [0.717, 1.165) is 0 Å². The second-order valence-electron chi connectivity index (χ2n) is 10.1. The Labute approximate surface area is 228 Å². The van der Waals surface area contributed by atoms with Gasteiger partial charge in [0, 0.05) is 31.6 Å². The van der Waals surface area contributed by atoms with Gasteiger partial charge in [0.2, 0.25) is 10.0 Å². The van der Waals surface area contributed by atoms with Crippen LogP contribution in [-0.4, -0.2) is 72.7 Å². The molecule has 39 heavy (non-hydrogen) atoms. The molecule has 1 aliphatic rings. The lowest BCUT2D eigenvalue weighted by Crippen LogP contribution is -2.49. The van der Waals surface area contributed by atoms with Gasteiger partial charge in [-0.15, -0.1) is 0 Å². The van der Waals surface area contributed by atoms with E-state index in [1.165, 1.54) is 22.5 Å². The average Bonchev–Trinajstić information content (AvgIpc) is 2.90. The van der Waals surface area contributed by atoms with Gasteiger partial charge in [-0.2, -0.15) is 4.31 Å². The van der Waals surface area contributed by atoms with Crippen molar-refractivity contribution in [2.24, 2.45) is 5.92 Å². The molecule has 0 radical (unpaired) electrons. The first-order valence-electron chi connectivity index (χ1n) is 12.7. The molecule has 0 aliphatic carbocycles. The minimum Gasteiger partial charge on any atom is -0.487 e. The lowest BCUT2D eigenvalue weighted by atomic mass is 10.0. The maximum atomic E-state index is 13.7. The highest BCUT2D eigenvalue weighted by molar-refractivity contribution is 7.89. The van der Waals surface area contributed by atoms with E-state index in [2.05, 4.69) is 0 Å². The van der Waals surface area contributed by atoms with Gasteiger partial charge in [0.25, 0.3) is 0 Å². The van der Waals surface area contributed by atoms with Crippen molar-refractivity contribution in [1.29, 1.82) is 0 Å². The summed E-state index contributed by atoms with van der Waals surface area (Å²) in [6.45, 7) is 4.08. The first-order valence-corrected chi connectivity index (χ1v) is 14.1. The van der Waals surface area contributed by atoms with Crippen LogP contribution in [0.15, 0.2) is 71.6 Å². The van der Waals surface area contributed by atoms with Gasteiger partial charge in [-0.25, -0.2) is 17.6 Å². The van der Waals surface area contributed by atoms with Crippen LogP contribution >= 0.6 is 0 Å². The molecular weight excluding hydrogens is 523 g/mol. The molecule has 0 unspecified atom stereocenters. The van der Waals surface area contributed by atoms with Crippen molar-refractivity contribution in [3.8, 4) is 16.9 Å². The molecule has 3 aromatic rings. The number of halogens is 1. The Bertz CT molecular complexity index is 1430. The van der Waals surface area contributed by atoms with Crippen LogP contribution in [0, 0.1) is 11.7 Å². The number of likely N-dealkylation sites (N-methyl/N-ethyl adjacent to an activating group) is 1. The van der Waals surface area contributed by atoms with Gasteiger partial charge in [-0.3, -0.25) is 4.90 Å². The van der Waals surface area contributed by atoms with Crippen molar-refractivity contribution in [3.63, 3.8) is 0 Å². The maximum absolute atomic E-state index is 13.7. The highest BCUT2D eigenvalue weighted by atomic mass is 32.2. The third-order valence-corrected chi connectivity index (χ3v) is 9.04. The van der Waals surface area contributed by atoms with Gasteiger partial charge in [0.15, 0.2) is 0 Å². The number of aliphatic hydroxyl groups excluding tert-OH is 1. The number of ether oxygens (including phenoxy) is 1. The van der Waals surface area contributed by atoms with Crippen molar-refractivity contribution in [3.05, 3.63) is 83.7 Å². The summed E-state index contributed by atoms with van der Waals surface area (Å²) in [5.41, 5.74) is 2.25. The number of carboxylic acids is 1. The normalized spacial score (nSPS) is 19.9. The second kappa shape index (κ2) is 11.8. The lowest BCUT2D eigenvalue weighted by molar-refractivity contribution is 0.0686. The molecule has 1 heterocycles. The number of hydrogen-bond acceptors (Lipinski definition) is 6. The molecule has 0 saturated carbocycles. The molecule has 0 fully saturated rings. The minimum absolute atomic E-state index is 0.00978. The number of fused-ring (bicyclic) bond motifs is 1. The quantitative estimate of drug-likeness (QED) is 0.430. The van der Waals surface area contributed by atoms with Crippen molar-refractivity contribution in [1.82, 2.24) is 9.21 Å². The number of aliphatic hydroxyl groups is 1. The van der Waals surface area contributed by atoms with Crippen LogP contribution in [0.1, 0.15) is 29.8 Å². The van der Waals surface area contributed by atoms with Crippen LogP contribution in [0.3, 0.4) is 0 Å². The molecule has 208 valence electrons. The largest absolute Gasteiger partial charge is 0.487 e. The Morgan fingerprint density at radius 1 is 1.13 bits per heavy atom. The molecule has 0 amide bonds. The summed E-state index contributed by atoms with van der Waals surface area (Å²) in [5.74, 6) is -1.48. The van der Waals surface area contributed by atoms with Gasteiger partial charge in [0.05, 0.1) is 12.2 Å². The van der Waals surface area contributed by atoms with Crippen molar-refractivity contribution < 1.29 is 32.6 Å². The zero-order valence-electron chi connectivity index (χ0n) is 22.1. The first-order chi connectivity index (χ1) is 18.5. The Kier molecular flexibility index (Phi) is 8.70. The molecule has 3 aromatic carbocycles. The van der Waals surface area contributed by atoms with Gasteiger partial charge >= 0.3 is 5.97 Å². The van der Waals surface area contributed by atoms with E-state index in [1.54, 1.807) is 55.5 Å². The van der Waals surface area contributed by atoms with Crippen LogP contribution in [0.2, 0.25) is 0 Å². The average molecular weight is 557 g/mol. The van der Waals surface area contributed by atoms with E-state index in [1.807, 2.05) is 18.9 Å². The highest BCUT2D eigenvalue weighted by Gasteiger charge is 2.38. The molecule has 3 atom stereocenters. The fraction of sp³-hybridized carbons (Fsp3) is 0.345. The fourth-order valence-electron chi connectivity index (χ4n) is 4.79. The van der Waals surface area contributed by atoms with Crippen molar-refractivity contribution in [2.75, 3.05) is 26.7 Å². The molecule has 0 bridgehead atoms. The monoisotopic (exact) mass is 556 g/mol. The van der Waals surface area contributed by atoms with Gasteiger partial charge in [-0.05, 0) is 61.0 Å². The zero-order chi connectivity index (χ0) is 28.3. The SMILES string of the molecule is C[C@@H]1CN([C@H](C)CO)S(=O)(=O)c2ccc(-c3ccc(F)cc3)cc2O[C@H]1CN(C)Cc1ccccc1C(=O)O. The van der Waals surface area contributed by atoms with Crippen molar-refractivity contribution >= 4 is 16.0 Å². The first kappa shape index (κ1) is 28.7. The van der Waals surface area contributed by atoms with E-state index >= 15 is 0 Å². The number of benzene rings is 3. The minimum atomic E-state index is -4.00. The smallest absolute Gasteiger partial charge is 0.336 e. The number of aromatic carboxylic acids is 1. The predicted molar refractivity (Wildman–Crippen MR) is 146 cm³/mol. The zero-order valence-corrected chi connectivity index (χ0v) is 22.9. The molecule has 1 aliphatic heterocycles. The van der Waals surface area contributed by atoms with Crippen molar-refractivity contribution in [2.45, 2.75) is 37.4 Å². The number of carboxylic acid groups (broad SMARTS) is 1. The molecule has 2 N–H and O–H groups in total. The Balaban J connectivity index is 1.71. The summed E-state index contributed by atoms with van der Waals surface area (Å²) in [6.07, 6.45) is -0.460. The number of sulfonamides is 1. The number of rotatable bonds is 8. The summed E-state index contributed by atoms with van der Waals surface area (Å²) < 4.78 is 48.6. The van der Waals surface area contributed by atoms with Crippen LogP contribution in [0.5, 0.6) is 5.75 Å². The third-order valence-electron chi connectivity index (χ3n) is 7.02. The van der Waals surface area contributed by atoms with Gasteiger partial charge < -0.3 is 14.9 Å². The number of carbonyl (C=O) groups is 1. The molecule has 8 nitrogen and oxygen atoms in total. The van der Waals surface area contributed by atoms with Crippen LogP contribution in [0.4, 0.5) is 4.39 Å². The Morgan fingerprint density at radius 2 is 1.79 bits per heavy atom. The fourth-order valence-corrected chi connectivity index (χ4v) is 6.62. The number of hydrogen-bond donors (Lipinski definition) is 2. The highest BCUT2D eigenvalue weighted by Crippen LogP contribution is 2.36. The summed E-state index contributed by atoms with van der Waals surface area (Å²) in [6, 6.07) is 16.8. The van der Waals surface area contributed by atoms with Crippen LogP contribution in [-0.2, 0) is 16.6 Å². The Morgan fingerprint density at radius 3 is 2.46 bits per heavy atom. The summed E-state index contributed by atoms with van der Waals surface area (Å²) in [4.78, 5) is 13.6. The molecular formula is C29H33FN2O6S. The summed E-state index contributed by atoms with van der Waals surface area (Å²) >= 11 is 0. The van der Waals surface area contributed by atoms with E-state index < -0.39 is 28.1 Å². The van der Waals surface area contributed by atoms with E-state index in [4.69, 9.17) is 4.74 Å². The van der Waals surface area contributed by atoms with Gasteiger partial charge in [-0.1, -0.05) is 43.3 Å². The predicted octanol–water partition coefficient (Wildman–Crippen LogP) is 4.09. The lowest BCUT2D eigenvalue weighted by Gasteiger charge is -2.37.